The van der Waals surface area contributed by atoms with Crippen LogP contribution in [0, 0.1) is 5.92 Å². The van der Waals surface area contributed by atoms with Crippen LogP contribution in [-0.4, -0.2) is 24.8 Å². The maximum atomic E-state index is 12.4. The molecule has 0 fully saturated rings. The molecule has 0 bridgehead atoms. The first-order valence-electron chi connectivity index (χ1n) is 5.22. The van der Waals surface area contributed by atoms with Gasteiger partial charge in [-0.3, -0.25) is 4.79 Å². The molecule has 0 rings (SSSR count). The topological polar surface area (TPSA) is 29.1 Å². The van der Waals surface area contributed by atoms with Crippen LogP contribution in [0.2, 0.25) is 0 Å². The molecule has 0 unspecified atom stereocenters. The number of alkyl halides is 4. The number of unbranched alkanes of at least 4 members (excludes halogenated alkanes) is 1. The summed E-state index contributed by atoms with van der Waals surface area (Å²) >= 11 is 0. The van der Waals surface area contributed by atoms with Gasteiger partial charge < -0.3 is 5.32 Å². The van der Waals surface area contributed by atoms with Crippen molar-refractivity contribution < 1.29 is 22.4 Å². The van der Waals surface area contributed by atoms with Gasteiger partial charge in [0.05, 0.1) is 0 Å². The summed E-state index contributed by atoms with van der Waals surface area (Å²) in [6.07, 6.45) is -1.74. The average Bonchev–Trinajstić information content (AvgIpc) is 2.16. The first kappa shape index (κ1) is 15.2. The van der Waals surface area contributed by atoms with E-state index in [1.807, 2.05) is 19.2 Å². The Morgan fingerprint density at radius 2 is 1.81 bits per heavy atom. The highest BCUT2D eigenvalue weighted by molar-refractivity contribution is 5.83. The molecule has 0 saturated carbocycles. The van der Waals surface area contributed by atoms with Crippen molar-refractivity contribution in [1.82, 2.24) is 5.32 Å². The summed E-state index contributed by atoms with van der Waals surface area (Å²) in [6.45, 7) is 4.04. The van der Waals surface area contributed by atoms with Gasteiger partial charge in [-0.05, 0) is 12.3 Å². The molecule has 2 nitrogen and oxygen atoms in total. The highest BCUT2D eigenvalue weighted by Crippen LogP contribution is 2.22. The maximum absolute atomic E-state index is 12.4. The van der Waals surface area contributed by atoms with Gasteiger partial charge in [-0.2, -0.15) is 8.78 Å². The third-order valence-corrected chi connectivity index (χ3v) is 2.07. The minimum atomic E-state index is -4.59. The van der Waals surface area contributed by atoms with Crippen molar-refractivity contribution in [1.29, 1.82) is 0 Å². The Hall–Kier alpha value is -0.810. The molecule has 0 aromatic rings. The zero-order valence-electron chi connectivity index (χ0n) is 9.40. The lowest BCUT2D eigenvalue weighted by Gasteiger charge is -2.14. The highest BCUT2D eigenvalue weighted by Gasteiger charge is 2.48. The highest BCUT2D eigenvalue weighted by atomic mass is 19.3. The van der Waals surface area contributed by atoms with Gasteiger partial charge in [0, 0.05) is 6.54 Å². The van der Waals surface area contributed by atoms with Crippen LogP contribution < -0.4 is 5.32 Å². The van der Waals surface area contributed by atoms with Gasteiger partial charge in [0.25, 0.3) is 5.91 Å². The molecule has 0 atom stereocenters. The second-order valence-corrected chi connectivity index (χ2v) is 4.07. The smallest absolute Gasteiger partial charge is 0.351 e. The van der Waals surface area contributed by atoms with E-state index in [9.17, 15) is 22.4 Å². The van der Waals surface area contributed by atoms with Crippen LogP contribution >= 0.6 is 0 Å². The summed E-state index contributed by atoms with van der Waals surface area (Å²) < 4.78 is 48.3. The number of rotatable bonds is 7. The second kappa shape index (κ2) is 6.70. The fraction of sp³-hybridized carbons (Fsp3) is 0.900. The largest absolute Gasteiger partial charge is 0.383 e. The Bertz CT molecular complexity index is 219. The molecule has 1 N–H and O–H groups in total. The Kier molecular flexibility index (Phi) is 6.36. The lowest BCUT2D eigenvalue weighted by atomic mass is 10.1. The number of carbonyl (C=O) groups is 1. The van der Waals surface area contributed by atoms with Crippen LogP contribution in [0.3, 0.4) is 0 Å². The Morgan fingerprint density at radius 1 is 1.25 bits per heavy atom. The van der Waals surface area contributed by atoms with E-state index in [2.05, 4.69) is 0 Å². The SMILES string of the molecule is CC(C)CCCCNC(=O)C(F)(F)C(F)F. The molecule has 96 valence electrons. The Morgan fingerprint density at radius 3 is 2.25 bits per heavy atom. The van der Waals surface area contributed by atoms with Crippen LogP contribution in [0.4, 0.5) is 17.6 Å². The third kappa shape index (κ3) is 5.32. The summed E-state index contributed by atoms with van der Waals surface area (Å²) in [5.74, 6) is -5.98. The molecule has 0 spiro atoms. The van der Waals surface area contributed by atoms with Crippen LogP contribution in [0.15, 0.2) is 0 Å². The number of hydrogen-bond acceptors (Lipinski definition) is 1. The molecular formula is C10H17F4NO. The predicted molar refractivity (Wildman–Crippen MR) is 52.6 cm³/mol. The molecule has 0 aromatic heterocycles. The van der Waals surface area contributed by atoms with Gasteiger partial charge in [0.2, 0.25) is 0 Å². The molecule has 0 saturated heterocycles. The van der Waals surface area contributed by atoms with E-state index in [0.29, 0.717) is 12.3 Å². The standard InChI is InChI=1S/C10H17F4NO/c1-7(2)5-3-4-6-15-9(16)10(13,14)8(11)12/h7-8H,3-6H2,1-2H3,(H,15,16). The van der Waals surface area contributed by atoms with Crippen LogP contribution in [-0.2, 0) is 4.79 Å². The van der Waals surface area contributed by atoms with Gasteiger partial charge in [-0.15, -0.1) is 0 Å². The molecule has 1 amide bonds. The van der Waals surface area contributed by atoms with Crippen molar-refractivity contribution in [3.8, 4) is 0 Å². The van der Waals surface area contributed by atoms with Crippen molar-refractivity contribution in [2.45, 2.75) is 45.5 Å². The minimum absolute atomic E-state index is 0.00780. The number of hydrogen-bond donors (Lipinski definition) is 1. The zero-order valence-corrected chi connectivity index (χ0v) is 9.40. The quantitative estimate of drug-likeness (QED) is 0.540. The van der Waals surface area contributed by atoms with Crippen molar-refractivity contribution >= 4 is 5.91 Å². The molecule has 0 aliphatic rings. The number of amides is 1. The molecule has 16 heavy (non-hydrogen) atoms. The van der Waals surface area contributed by atoms with E-state index in [4.69, 9.17) is 0 Å². The molecule has 0 radical (unpaired) electrons. The molecule has 0 aliphatic carbocycles. The Balaban J connectivity index is 3.74. The van der Waals surface area contributed by atoms with Crippen molar-refractivity contribution in [2.24, 2.45) is 5.92 Å². The average molecular weight is 243 g/mol. The van der Waals surface area contributed by atoms with Gasteiger partial charge in [0.15, 0.2) is 0 Å². The molecular weight excluding hydrogens is 226 g/mol. The van der Waals surface area contributed by atoms with E-state index in [0.717, 1.165) is 12.8 Å². The van der Waals surface area contributed by atoms with Crippen LogP contribution in [0.25, 0.3) is 0 Å². The third-order valence-electron chi connectivity index (χ3n) is 2.07. The Labute approximate surface area is 92.4 Å². The monoisotopic (exact) mass is 243 g/mol. The predicted octanol–water partition coefficient (Wildman–Crippen LogP) is 2.83. The summed E-state index contributed by atoms with van der Waals surface area (Å²) in [7, 11) is 0. The lowest BCUT2D eigenvalue weighted by molar-refractivity contribution is -0.169. The van der Waals surface area contributed by atoms with Crippen LogP contribution in [0.1, 0.15) is 33.1 Å². The van der Waals surface area contributed by atoms with Gasteiger partial charge in [0.1, 0.15) is 0 Å². The van der Waals surface area contributed by atoms with E-state index >= 15 is 0 Å². The molecule has 6 heteroatoms. The lowest BCUT2D eigenvalue weighted by Crippen LogP contribution is -2.45. The number of nitrogens with one attached hydrogen (secondary N) is 1. The van der Waals surface area contributed by atoms with E-state index < -0.39 is 18.3 Å². The molecule has 0 aliphatic heterocycles. The fourth-order valence-corrected chi connectivity index (χ4v) is 1.10. The van der Waals surface area contributed by atoms with Gasteiger partial charge >= 0.3 is 12.3 Å². The number of halogens is 4. The zero-order chi connectivity index (χ0) is 12.8. The normalized spacial score (nSPS) is 12.2. The van der Waals surface area contributed by atoms with Crippen LogP contribution in [0.5, 0.6) is 0 Å². The fourth-order valence-electron chi connectivity index (χ4n) is 1.10. The summed E-state index contributed by atoms with van der Waals surface area (Å²) in [4.78, 5) is 10.7. The maximum Gasteiger partial charge on any atom is 0.383 e. The van der Waals surface area contributed by atoms with E-state index in [1.165, 1.54) is 0 Å². The number of carbonyl (C=O) groups excluding carboxylic acids is 1. The van der Waals surface area contributed by atoms with Crippen molar-refractivity contribution in [3.05, 3.63) is 0 Å². The first-order valence-corrected chi connectivity index (χ1v) is 5.22. The van der Waals surface area contributed by atoms with Gasteiger partial charge in [-0.25, -0.2) is 8.78 Å². The molecule has 0 heterocycles. The first-order chi connectivity index (χ1) is 7.28. The van der Waals surface area contributed by atoms with E-state index in [1.54, 1.807) is 0 Å². The van der Waals surface area contributed by atoms with Crippen molar-refractivity contribution in [3.63, 3.8) is 0 Å². The van der Waals surface area contributed by atoms with Crippen molar-refractivity contribution in [2.75, 3.05) is 6.54 Å². The summed E-state index contributed by atoms with van der Waals surface area (Å²) in [6, 6.07) is 0. The minimum Gasteiger partial charge on any atom is -0.351 e. The summed E-state index contributed by atoms with van der Waals surface area (Å²) in [5, 5.41) is 1.81. The summed E-state index contributed by atoms with van der Waals surface area (Å²) in [5.41, 5.74) is 0. The molecule has 0 aromatic carbocycles. The second-order valence-electron chi connectivity index (χ2n) is 4.07. The van der Waals surface area contributed by atoms with Gasteiger partial charge in [-0.1, -0.05) is 26.7 Å². The van der Waals surface area contributed by atoms with E-state index in [-0.39, 0.29) is 6.54 Å².